The number of nitrogens with one attached hydrogen (secondary N) is 2. The van der Waals surface area contributed by atoms with Crippen molar-refractivity contribution in [3.8, 4) is 0 Å². The zero-order valence-corrected chi connectivity index (χ0v) is 8.22. The number of carbonyl (C=O) groups excluding carboxylic acids is 1. The van der Waals surface area contributed by atoms with Crippen molar-refractivity contribution in [3.63, 3.8) is 0 Å². The van der Waals surface area contributed by atoms with Gasteiger partial charge in [0.1, 0.15) is 0 Å². The molecule has 1 rings (SSSR count). The van der Waals surface area contributed by atoms with E-state index < -0.39 is 0 Å². The minimum Gasteiger partial charge on any atom is -0.339 e. The third kappa shape index (κ3) is 1.78. The Kier molecular flexibility index (Phi) is 2.73. The summed E-state index contributed by atoms with van der Waals surface area (Å²) in [6, 6.07) is -0.00241. The highest BCUT2D eigenvalue weighted by Crippen LogP contribution is 2.12. The first kappa shape index (κ1) is 9.52. The van der Waals surface area contributed by atoms with Gasteiger partial charge in [0.05, 0.1) is 12.2 Å². The minimum atomic E-state index is -0.00241. The van der Waals surface area contributed by atoms with Gasteiger partial charge in [0.2, 0.25) is 5.91 Å². The van der Waals surface area contributed by atoms with E-state index in [9.17, 15) is 4.79 Å². The average Bonchev–Trinajstić information content (AvgIpc) is 2.30. The highest BCUT2D eigenvalue weighted by Gasteiger charge is 2.34. The molecule has 1 saturated heterocycles. The Bertz CT molecular complexity index is 177. The summed E-state index contributed by atoms with van der Waals surface area (Å²) >= 11 is 0. The van der Waals surface area contributed by atoms with Crippen molar-refractivity contribution < 1.29 is 4.79 Å². The van der Waals surface area contributed by atoms with Crippen molar-refractivity contribution in [2.24, 2.45) is 11.8 Å². The van der Waals surface area contributed by atoms with E-state index in [1.807, 2.05) is 0 Å². The van der Waals surface area contributed by atoms with Crippen LogP contribution >= 0.6 is 0 Å². The molecular formula is C9H18N2O. The van der Waals surface area contributed by atoms with Gasteiger partial charge in [0.25, 0.3) is 0 Å². The molecule has 3 nitrogen and oxygen atoms in total. The van der Waals surface area contributed by atoms with Crippen LogP contribution in [0.2, 0.25) is 0 Å². The number of carbonyl (C=O) groups is 1. The van der Waals surface area contributed by atoms with Crippen LogP contribution in [0.15, 0.2) is 0 Å². The van der Waals surface area contributed by atoms with Crippen molar-refractivity contribution in [3.05, 3.63) is 0 Å². The van der Waals surface area contributed by atoms with E-state index in [-0.39, 0.29) is 18.1 Å². The molecule has 0 saturated carbocycles. The molecule has 12 heavy (non-hydrogen) atoms. The number of rotatable bonds is 2. The SMILES string of the molecule is CC(C)C1NC(=O)C(C(C)C)N1. The molecule has 0 aromatic carbocycles. The minimum absolute atomic E-state index is 0.00241. The van der Waals surface area contributed by atoms with Crippen LogP contribution in [-0.4, -0.2) is 18.1 Å². The fourth-order valence-corrected chi connectivity index (χ4v) is 1.41. The molecule has 1 fully saturated rings. The maximum atomic E-state index is 11.4. The number of amides is 1. The molecule has 0 aromatic rings. The third-order valence-corrected chi connectivity index (χ3v) is 2.27. The van der Waals surface area contributed by atoms with Crippen LogP contribution in [0, 0.1) is 11.8 Å². The molecule has 1 heterocycles. The van der Waals surface area contributed by atoms with Crippen molar-refractivity contribution in [1.29, 1.82) is 0 Å². The molecule has 0 radical (unpaired) electrons. The lowest BCUT2D eigenvalue weighted by Gasteiger charge is -2.16. The van der Waals surface area contributed by atoms with E-state index in [2.05, 4.69) is 38.3 Å². The highest BCUT2D eigenvalue weighted by molar-refractivity contribution is 5.84. The Morgan fingerprint density at radius 2 is 1.75 bits per heavy atom. The standard InChI is InChI=1S/C9H18N2O/c1-5(2)7-9(12)11-8(10-7)6(3)4/h5-8,10H,1-4H3,(H,11,12). The molecule has 2 unspecified atom stereocenters. The topological polar surface area (TPSA) is 41.1 Å². The summed E-state index contributed by atoms with van der Waals surface area (Å²) < 4.78 is 0. The van der Waals surface area contributed by atoms with Crippen molar-refractivity contribution in [1.82, 2.24) is 10.6 Å². The first-order valence-electron chi connectivity index (χ1n) is 4.58. The molecule has 1 aliphatic rings. The van der Waals surface area contributed by atoms with E-state index in [0.717, 1.165) is 0 Å². The smallest absolute Gasteiger partial charge is 0.238 e. The second-order valence-corrected chi connectivity index (χ2v) is 4.12. The molecule has 3 heteroatoms. The fourth-order valence-electron chi connectivity index (χ4n) is 1.41. The molecular weight excluding hydrogens is 152 g/mol. The molecule has 0 spiro atoms. The quantitative estimate of drug-likeness (QED) is 0.641. The van der Waals surface area contributed by atoms with E-state index in [4.69, 9.17) is 0 Å². The third-order valence-electron chi connectivity index (χ3n) is 2.27. The maximum absolute atomic E-state index is 11.4. The lowest BCUT2D eigenvalue weighted by Crippen LogP contribution is -2.39. The van der Waals surface area contributed by atoms with E-state index >= 15 is 0 Å². The van der Waals surface area contributed by atoms with Gasteiger partial charge in [-0.05, 0) is 11.8 Å². The Morgan fingerprint density at radius 1 is 1.17 bits per heavy atom. The van der Waals surface area contributed by atoms with Crippen LogP contribution < -0.4 is 10.6 Å². The van der Waals surface area contributed by atoms with Gasteiger partial charge in [-0.3, -0.25) is 10.1 Å². The molecule has 0 aromatic heterocycles. The Hall–Kier alpha value is -0.570. The summed E-state index contributed by atoms with van der Waals surface area (Å²) in [5.74, 6) is 0.968. The van der Waals surface area contributed by atoms with Crippen molar-refractivity contribution in [2.75, 3.05) is 0 Å². The predicted molar refractivity (Wildman–Crippen MR) is 48.5 cm³/mol. The molecule has 2 atom stereocenters. The van der Waals surface area contributed by atoms with E-state index in [1.165, 1.54) is 0 Å². The maximum Gasteiger partial charge on any atom is 0.238 e. The summed E-state index contributed by atoms with van der Waals surface area (Å²) in [5.41, 5.74) is 0. The van der Waals surface area contributed by atoms with Gasteiger partial charge in [-0.2, -0.15) is 0 Å². The second-order valence-electron chi connectivity index (χ2n) is 4.12. The lowest BCUT2D eigenvalue weighted by molar-refractivity contribution is -0.121. The number of hydrogen-bond donors (Lipinski definition) is 2. The molecule has 0 aliphatic carbocycles. The highest BCUT2D eigenvalue weighted by atomic mass is 16.2. The van der Waals surface area contributed by atoms with E-state index in [0.29, 0.717) is 11.8 Å². The van der Waals surface area contributed by atoms with Crippen LogP contribution in [0.5, 0.6) is 0 Å². The first-order valence-corrected chi connectivity index (χ1v) is 4.58. The summed E-state index contributed by atoms with van der Waals surface area (Å²) in [6.07, 6.45) is 0.157. The van der Waals surface area contributed by atoms with Gasteiger partial charge in [-0.15, -0.1) is 0 Å². The first-order chi connectivity index (χ1) is 5.52. The predicted octanol–water partition coefficient (Wildman–Crippen LogP) is 0.712. The van der Waals surface area contributed by atoms with Gasteiger partial charge < -0.3 is 5.32 Å². The molecule has 1 aliphatic heterocycles. The Balaban J connectivity index is 2.56. The van der Waals surface area contributed by atoms with Crippen LogP contribution in [-0.2, 0) is 4.79 Å². The zero-order valence-electron chi connectivity index (χ0n) is 8.22. The van der Waals surface area contributed by atoms with Crippen LogP contribution in [0.3, 0.4) is 0 Å². The molecule has 1 amide bonds. The largest absolute Gasteiger partial charge is 0.339 e. The van der Waals surface area contributed by atoms with Crippen molar-refractivity contribution in [2.45, 2.75) is 39.9 Å². The molecule has 70 valence electrons. The summed E-state index contributed by atoms with van der Waals surface area (Å²) in [7, 11) is 0. The summed E-state index contributed by atoms with van der Waals surface area (Å²) in [6.45, 7) is 8.31. The summed E-state index contributed by atoms with van der Waals surface area (Å²) in [5, 5.41) is 6.21. The average molecular weight is 170 g/mol. The Labute approximate surface area is 73.9 Å². The van der Waals surface area contributed by atoms with Gasteiger partial charge in [-0.1, -0.05) is 27.7 Å². The Morgan fingerprint density at radius 3 is 2.00 bits per heavy atom. The monoisotopic (exact) mass is 170 g/mol. The van der Waals surface area contributed by atoms with Gasteiger partial charge >= 0.3 is 0 Å². The zero-order chi connectivity index (χ0) is 9.30. The van der Waals surface area contributed by atoms with Crippen LogP contribution in [0.4, 0.5) is 0 Å². The normalized spacial score (nSPS) is 30.0. The van der Waals surface area contributed by atoms with Crippen molar-refractivity contribution >= 4 is 5.91 Å². The van der Waals surface area contributed by atoms with Gasteiger partial charge in [0.15, 0.2) is 0 Å². The second kappa shape index (κ2) is 3.44. The van der Waals surface area contributed by atoms with Crippen LogP contribution in [0.1, 0.15) is 27.7 Å². The molecule has 0 bridgehead atoms. The lowest BCUT2D eigenvalue weighted by atomic mass is 10.1. The molecule has 2 N–H and O–H groups in total. The van der Waals surface area contributed by atoms with Crippen LogP contribution in [0.25, 0.3) is 0 Å². The summed E-state index contributed by atoms with van der Waals surface area (Å²) in [4.78, 5) is 11.4. The number of hydrogen-bond acceptors (Lipinski definition) is 2. The fraction of sp³-hybridized carbons (Fsp3) is 0.889. The van der Waals surface area contributed by atoms with Gasteiger partial charge in [-0.25, -0.2) is 0 Å². The van der Waals surface area contributed by atoms with E-state index in [1.54, 1.807) is 0 Å². The van der Waals surface area contributed by atoms with Gasteiger partial charge in [0, 0.05) is 0 Å².